The van der Waals surface area contributed by atoms with Crippen LogP contribution in [0.2, 0.25) is 0 Å². The Morgan fingerprint density at radius 2 is 0.755 bits per heavy atom. The molecule has 0 amide bonds. The van der Waals surface area contributed by atoms with Gasteiger partial charge in [0.05, 0.1) is 11.6 Å². The zero-order valence-electron chi connectivity index (χ0n) is 69.6. The van der Waals surface area contributed by atoms with Crippen molar-refractivity contribution in [1.82, 2.24) is 29.2 Å². The van der Waals surface area contributed by atoms with Crippen molar-refractivity contribution in [3.8, 4) is 6.07 Å². The lowest BCUT2D eigenvalue weighted by Gasteiger charge is -2.30. The topological polar surface area (TPSA) is 43.2 Å². The quantitative estimate of drug-likeness (QED) is 0.0590. The van der Waals surface area contributed by atoms with Crippen LogP contribution in [0.25, 0.3) is 0 Å². The third kappa shape index (κ3) is 48.7. The standard InChI is InChI=1S/C12H22INP4.3C12H18IN.C11H16IN.C9H12IN.C8H9I.C7H4IN.C7H7I/c1-8-5-11(12(13)6-9(8)2)7-10(3)14(4)18(16)17-15;1-9-7-11(5-6-14(3)4)12(13)8-10(9)2;1-9-5-6-12(13)11(7-9)8-10(2)14(3)4;1-9-5-6-11(12(13)7-9)8-10(2)14(3)4;1-9(13(2)3)8-10-4-6-11(12)7-5-10;1-11(2)7-8-3-5-9(10)6-4-8;1-6-3-4-7(2)8(9)5-6;8-7-3-1-2-6(4-7)5-9;1-6-2-4-7(8)5-3-6/h5-6,10,17H,7,15-16H2,1-4H3;7-8H,5-6H2,1-4H3;2*5-7,10H,8H2,1-4H3;4-7,9H,8H2,1-3H3;3-6H,7H2,1-2H3;3-5H,1-2H3;1-4H;2-5H,1H3/t10-,18?;;2*10-;9-;;;;/m1.111..../s1. The first-order chi connectivity index (χ1) is 51.5. The largest absolute Gasteiger partial charge is 0.309 e. The second-order valence-corrected chi connectivity index (χ2v) is 49.0. The molecule has 0 aliphatic heterocycles. The van der Waals surface area contributed by atoms with Crippen LogP contribution in [-0.2, 0) is 38.6 Å². The number of rotatable bonds is 19. The average Bonchev–Trinajstić information content (AvgIpc) is 0.857. The molecule has 8 atom stereocenters. The summed E-state index contributed by atoms with van der Waals surface area (Å²) in [5.41, 5.74) is 21.7. The Morgan fingerprint density at radius 1 is 0.364 bits per heavy atom. The van der Waals surface area contributed by atoms with Crippen molar-refractivity contribution in [2.45, 2.75) is 153 Å². The molecule has 0 radical (unpaired) electrons. The molecule has 9 aromatic rings. The lowest BCUT2D eigenvalue weighted by Crippen LogP contribution is -2.26. The van der Waals surface area contributed by atoms with Gasteiger partial charge in [0, 0.05) is 76.8 Å². The molecule has 0 heterocycles. The van der Waals surface area contributed by atoms with Gasteiger partial charge in [-0.15, -0.1) is 8.93 Å². The number of nitriles is 1. The van der Waals surface area contributed by atoms with Crippen molar-refractivity contribution in [3.63, 3.8) is 0 Å². The number of hydrogen-bond acceptors (Lipinski definition) is 7. The summed E-state index contributed by atoms with van der Waals surface area (Å²) >= 11 is 21.2. The van der Waals surface area contributed by atoms with E-state index in [1.165, 1.54) is 112 Å². The fraction of sp³-hybridized carbons (Fsp3) is 0.389. The molecule has 110 heavy (non-hydrogen) atoms. The van der Waals surface area contributed by atoms with Crippen LogP contribution in [0.3, 0.4) is 0 Å². The van der Waals surface area contributed by atoms with Gasteiger partial charge in [0.25, 0.3) is 0 Å². The maximum Gasteiger partial charge on any atom is 0.0991 e. The van der Waals surface area contributed by atoms with Crippen LogP contribution in [0.15, 0.2) is 176 Å². The summed E-state index contributed by atoms with van der Waals surface area (Å²) in [6.45, 7) is 30.6. The second-order valence-electron chi connectivity index (χ2n) is 29.1. The van der Waals surface area contributed by atoms with Gasteiger partial charge in [-0.05, 0) is 549 Å². The lowest BCUT2D eigenvalue weighted by molar-refractivity contribution is 0.312. The van der Waals surface area contributed by atoms with Crippen molar-refractivity contribution in [3.05, 3.63) is 297 Å². The summed E-state index contributed by atoms with van der Waals surface area (Å²) in [7, 11) is 30.1. The molecule has 0 fully saturated rings. The maximum absolute atomic E-state index is 8.41. The number of aryl methyl sites for hydroxylation is 9. The number of hydrogen-bond donors (Lipinski definition) is 0. The number of nitrogens with zero attached hydrogens (tertiary/aromatic N) is 7. The smallest absolute Gasteiger partial charge is 0.0991 e. The molecule has 0 aromatic heterocycles. The molecule has 9 rings (SSSR count). The minimum Gasteiger partial charge on any atom is -0.309 e. The van der Waals surface area contributed by atoms with Gasteiger partial charge in [0.1, 0.15) is 0 Å². The Bertz CT molecular complexity index is 4100. The zero-order chi connectivity index (χ0) is 83.7. The minimum atomic E-state index is -0.0604. The molecule has 0 aliphatic rings. The van der Waals surface area contributed by atoms with E-state index in [-0.39, 0.29) is 7.45 Å². The number of benzene rings is 9. The monoisotopic (exact) mass is 2570 g/mol. The van der Waals surface area contributed by atoms with Gasteiger partial charge >= 0.3 is 0 Å². The summed E-state index contributed by atoms with van der Waals surface area (Å²) in [4.78, 5) is 11.2. The highest BCUT2D eigenvalue weighted by Crippen LogP contribution is 2.68. The Hall–Kier alpha value is 0.520. The van der Waals surface area contributed by atoms with E-state index in [9.17, 15) is 0 Å². The van der Waals surface area contributed by atoms with Gasteiger partial charge in [-0.25, -0.2) is 0 Å². The van der Waals surface area contributed by atoms with Crippen LogP contribution < -0.4 is 0 Å². The highest BCUT2D eigenvalue weighted by Gasteiger charge is 2.17. The Kier molecular flexibility index (Phi) is 59.3. The molecule has 0 N–H and O–H groups in total. The van der Waals surface area contributed by atoms with E-state index in [2.05, 4.69) is 576 Å². The molecular weight excluding hydrogens is 2450 g/mol. The molecule has 602 valence electrons. The molecule has 0 aliphatic carbocycles. The van der Waals surface area contributed by atoms with E-state index in [1.807, 2.05) is 18.2 Å². The molecular formula is C90H124I9N7P4. The Labute approximate surface area is 799 Å². The number of likely N-dealkylation sites (N-methyl/N-ethyl adjacent to an activating group) is 5. The van der Waals surface area contributed by atoms with Crippen LogP contribution in [0, 0.1) is 106 Å². The minimum absolute atomic E-state index is 0.0604. The Morgan fingerprint density at radius 3 is 1.18 bits per heavy atom. The molecule has 7 nitrogen and oxygen atoms in total. The molecule has 4 unspecified atom stereocenters. The summed E-state index contributed by atoms with van der Waals surface area (Å²) in [6.07, 6.45) is 5.67. The van der Waals surface area contributed by atoms with E-state index in [1.54, 1.807) is 6.07 Å². The molecule has 9 aromatic carbocycles. The highest BCUT2D eigenvalue weighted by molar-refractivity contribution is 14.1. The predicted molar refractivity (Wildman–Crippen MR) is 576 cm³/mol. The fourth-order valence-corrected chi connectivity index (χ4v) is 19.3. The van der Waals surface area contributed by atoms with E-state index in [4.69, 9.17) is 5.26 Å². The van der Waals surface area contributed by atoms with E-state index in [0.717, 1.165) is 62.3 Å². The summed E-state index contributed by atoms with van der Waals surface area (Å²) in [5.74, 6) is 0. The molecule has 0 spiro atoms. The van der Waals surface area contributed by atoms with Crippen molar-refractivity contribution >= 4 is 237 Å². The van der Waals surface area contributed by atoms with Crippen molar-refractivity contribution in [2.75, 3.05) is 84.1 Å². The van der Waals surface area contributed by atoms with Crippen molar-refractivity contribution in [1.29, 1.82) is 5.26 Å². The average molecular weight is 2570 g/mol. The van der Waals surface area contributed by atoms with Crippen LogP contribution >= 0.6 is 237 Å². The first kappa shape index (κ1) is 109. The van der Waals surface area contributed by atoms with Gasteiger partial charge in [-0.2, -0.15) is 5.26 Å². The molecule has 20 heteroatoms. The van der Waals surface area contributed by atoms with Crippen LogP contribution in [0.4, 0.5) is 0 Å². The van der Waals surface area contributed by atoms with E-state index < -0.39 is 0 Å². The normalized spacial score (nSPS) is 12.1. The number of halogens is 9. The van der Waals surface area contributed by atoms with Crippen LogP contribution in [0.5, 0.6) is 0 Å². The van der Waals surface area contributed by atoms with Crippen molar-refractivity contribution < 1.29 is 0 Å². The summed E-state index contributed by atoms with van der Waals surface area (Å²) < 4.78 is 14.4. The first-order valence-electron chi connectivity index (χ1n) is 36.6. The lowest BCUT2D eigenvalue weighted by atomic mass is 10.0. The third-order valence-electron chi connectivity index (χ3n) is 18.0. The van der Waals surface area contributed by atoms with Gasteiger partial charge in [0.15, 0.2) is 0 Å². The summed E-state index contributed by atoms with van der Waals surface area (Å²) in [5, 5.41) is 8.41. The van der Waals surface area contributed by atoms with Gasteiger partial charge in [-0.3, -0.25) is 4.67 Å². The molecule has 0 bridgehead atoms. The first-order valence-corrected chi connectivity index (χ1v) is 52.9. The van der Waals surface area contributed by atoms with E-state index in [0.29, 0.717) is 24.2 Å². The second kappa shape index (κ2) is 60.1. The predicted octanol–water partition coefficient (Wildman–Crippen LogP) is 27.3. The molecule has 0 saturated heterocycles. The van der Waals surface area contributed by atoms with E-state index >= 15 is 0 Å². The summed E-state index contributed by atoms with van der Waals surface area (Å²) in [6, 6.07) is 66.8. The molecule has 0 saturated carbocycles. The SMILES string of the molecule is CN(C)Cc1ccc(I)cc1.C[C@H](Cc1ccc(I)cc1)N(C)C.Cc1cc(I)c(CCN(C)C)cc1C.Cc1cc(I)c(C[C@@H](C)N(C)P(P)PP)cc1C.Cc1ccc(C)c(I)c1.Cc1ccc(C[C@@H](C)N(C)C)c(I)c1.Cc1ccc(I)c(C[C@@H](C)N(C)C)c1.Cc1ccc(I)cc1.N#Cc1cccc(I)c1. The van der Waals surface area contributed by atoms with Crippen molar-refractivity contribution in [2.24, 2.45) is 0 Å². The third-order valence-corrected chi connectivity index (χ3v) is 36.6. The Balaban J connectivity index is 0.000000624. The van der Waals surface area contributed by atoms with Crippen LogP contribution in [0.1, 0.15) is 117 Å². The van der Waals surface area contributed by atoms with Gasteiger partial charge < -0.3 is 24.5 Å². The van der Waals surface area contributed by atoms with Gasteiger partial charge in [-0.1, -0.05) is 130 Å². The van der Waals surface area contributed by atoms with Crippen LogP contribution in [-0.4, -0.2) is 137 Å². The fourth-order valence-electron chi connectivity index (χ4n) is 9.70. The maximum atomic E-state index is 8.41. The van der Waals surface area contributed by atoms with Gasteiger partial charge in [0.2, 0.25) is 0 Å². The zero-order valence-corrected chi connectivity index (χ0v) is 93.3. The highest BCUT2D eigenvalue weighted by atomic mass is 127.